The smallest absolute Gasteiger partial charge is 0.120 e. The zero-order chi connectivity index (χ0) is 12.0. The van der Waals surface area contributed by atoms with E-state index in [1.807, 2.05) is 12.1 Å². The van der Waals surface area contributed by atoms with Crippen LogP contribution in [0.4, 0.5) is 0 Å². The second-order valence-electron chi connectivity index (χ2n) is 4.54. The lowest BCUT2D eigenvalue weighted by Gasteiger charge is -2.14. The Kier molecular flexibility index (Phi) is 5.29. The topological polar surface area (TPSA) is 52.5 Å². The largest absolute Gasteiger partial charge is 0.508 e. The van der Waals surface area contributed by atoms with Gasteiger partial charge in [0.2, 0.25) is 0 Å². The molecule has 1 aromatic rings. The van der Waals surface area contributed by atoms with Crippen molar-refractivity contribution in [2.24, 2.45) is 5.92 Å². The Morgan fingerprint density at radius 2 is 1.94 bits per heavy atom. The molecule has 1 rings (SSSR count). The highest BCUT2D eigenvalue weighted by Crippen LogP contribution is 2.14. The summed E-state index contributed by atoms with van der Waals surface area (Å²) in [6, 6.07) is 7.23. The lowest BCUT2D eigenvalue weighted by molar-refractivity contribution is 0.146. The standard InChI is InChI=1S/C13H21NO2/c1-10(2)7-12(15)9-14-8-11-5-3-4-6-13(11)16/h3-6,10,12,14-16H,7-9H2,1-2H3. The minimum atomic E-state index is -0.314. The van der Waals surface area contributed by atoms with Gasteiger partial charge < -0.3 is 15.5 Å². The summed E-state index contributed by atoms with van der Waals surface area (Å²) in [5.74, 6) is 0.801. The number of aromatic hydroxyl groups is 1. The van der Waals surface area contributed by atoms with Gasteiger partial charge in [-0.05, 0) is 18.4 Å². The second-order valence-corrected chi connectivity index (χ2v) is 4.54. The number of phenols is 1. The fraction of sp³-hybridized carbons (Fsp3) is 0.538. The molecule has 0 spiro atoms. The molecule has 0 radical (unpaired) electrons. The molecule has 3 nitrogen and oxygen atoms in total. The molecule has 0 saturated heterocycles. The molecule has 0 aliphatic carbocycles. The zero-order valence-electron chi connectivity index (χ0n) is 9.98. The first-order chi connectivity index (χ1) is 7.59. The third kappa shape index (κ3) is 4.64. The Labute approximate surface area is 97.1 Å². The summed E-state index contributed by atoms with van der Waals surface area (Å²) in [5, 5.41) is 22.3. The van der Waals surface area contributed by atoms with Crippen molar-refractivity contribution in [3.8, 4) is 5.75 Å². The van der Waals surface area contributed by atoms with Crippen LogP contribution in [0.15, 0.2) is 24.3 Å². The lowest BCUT2D eigenvalue weighted by atomic mass is 10.1. The number of aliphatic hydroxyl groups is 1. The summed E-state index contributed by atoms with van der Waals surface area (Å²) in [7, 11) is 0. The fourth-order valence-electron chi connectivity index (χ4n) is 1.66. The number of hydrogen-bond acceptors (Lipinski definition) is 3. The van der Waals surface area contributed by atoms with Gasteiger partial charge in [-0.2, -0.15) is 0 Å². The Morgan fingerprint density at radius 3 is 2.56 bits per heavy atom. The minimum absolute atomic E-state index is 0.299. The lowest BCUT2D eigenvalue weighted by Crippen LogP contribution is -2.27. The van der Waals surface area contributed by atoms with E-state index in [2.05, 4.69) is 19.2 Å². The first-order valence-corrected chi connectivity index (χ1v) is 5.75. The van der Waals surface area contributed by atoms with Gasteiger partial charge in [0.05, 0.1) is 6.10 Å². The van der Waals surface area contributed by atoms with Crippen LogP contribution in [-0.4, -0.2) is 22.9 Å². The highest BCUT2D eigenvalue weighted by molar-refractivity contribution is 5.31. The monoisotopic (exact) mass is 223 g/mol. The second kappa shape index (κ2) is 6.51. The van der Waals surface area contributed by atoms with Crippen molar-refractivity contribution in [2.75, 3.05) is 6.54 Å². The third-order valence-corrected chi connectivity index (χ3v) is 2.43. The number of nitrogens with one attached hydrogen (secondary N) is 1. The summed E-state index contributed by atoms with van der Waals surface area (Å²) in [5.41, 5.74) is 0.860. The van der Waals surface area contributed by atoms with E-state index in [0.29, 0.717) is 24.8 Å². The minimum Gasteiger partial charge on any atom is -0.508 e. The van der Waals surface area contributed by atoms with Crippen molar-refractivity contribution in [1.82, 2.24) is 5.32 Å². The van der Waals surface area contributed by atoms with Gasteiger partial charge in [-0.1, -0.05) is 32.0 Å². The molecule has 0 saturated carbocycles. The van der Waals surface area contributed by atoms with Crippen LogP contribution in [0.3, 0.4) is 0 Å². The van der Waals surface area contributed by atoms with Gasteiger partial charge in [-0.25, -0.2) is 0 Å². The number of hydrogen-bond donors (Lipinski definition) is 3. The van der Waals surface area contributed by atoms with Crippen LogP contribution in [0, 0.1) is 5.92 Å². The molecule has 90 valence electrons. The maximum atomic E-state index is 9.64. The molecule has 16 heavy (non-hydrogen) atoms. The molecule has 0 amide bonds. The normalized spacial score (nSPS) is 13.0. The van der Waals surface area contributed by atoms with Gasteiger partial charge in [0.1, 0.15) is 5.75 Å². The molecule has 1 aromatic carbocycles. The highest BCUT2D eigenvalue weighted by atomic mass is 16.3. The molecule has 0 bridgehead atoms. The Balaban J connectivity index is 2.28. The van der Waals surface area contributed by atoms with E-state index >= 15 is 0 Å². The van der Waals surface area contributed by atoms with Gasteiger partial charge in [0, 0.05) is 18.7 Å². The highest BCUT2D eigenvalue weighted by Gasteiger charge is 2.06. The van der Waals surface area contributed by atoms with E-state index in [4.69, 9.17) is 0 Å². The van der Waals surface area contributed by atoms with E-state index in [0.717, 1.165) is 12.0 Å². The van der Waals surface area contributed by atoms with Gasteiger partial charge in [0.25, 0.3) is 0 Å². The number of benzene rings is 1. The van der Waals surface area contributed by atoms with Gasteiger partial charge in [0.15, 0.2) is 0 Å². The molecule has 0 heterocycles. The van der Waals surface area contributed by atoms with Crippen LogP contribution in [0.2, 0.25) is 0 Å². The van der Waals surface area contributed by atoms with Crippen molar-refractivity contribution in [2.45, 2.75) is 32.9 Å². The number of rotatable bonds is 6. The average molecular weight is 223 g/mol. The van der Waals surface area contributed by atoms with E-state index in [-0.39, 0.29) is 6.10 Å². The molecule has 1 unspecified atom stereocenters. The predicted octanol–water partition coefficient (Wildman–Crippen LogP) is 1.89. The first-order valence-electron chi connectivity index (χ1n) is 5.75. The fourth-order valence-corrected chi connectivity index (χ4v) is 1.66. The quantitative estimate of drug-likeness (QED) is 0.690. The Bertz CT molecular complexity index is 313. The van der Waals surface area contributed by atoms with Crippen molar-refractivity contribution >= 4 is 0 Å². The summed E-state index contributed by atoms with van der Waals surface area (Å²) in [6.45, 7) is 5.33. The summed E-state index contributed by atoms with van der Waals surface area (Å²) < 4.78 is 0. The maximum Gasteiger partial charge on any atom is 0.120 e. The molecule has 3 heteroatoms. The van der Waals surface area contributed by atoms with E-state index < -0.39 is 0 Å². The number of para-hydroxylation sites is 1. The van der Waals surface area contributed by atoms with Crippen molar-refractivity contribution in [3.63, 3.8) is 0 Å². The van der Waals surface area contributed by atoms with Crippen LogP contribution in [0.5, 0.6) is 5.75 Å². The average Bonchev–Trinajstić information content (AvgIpc) is 2.19. The first kappa shape index (κ1) is 13.0. The third-order valence-electron chi connectivity index (χ3n) is 2.43. The maximum absolute atomic E-state index is 9.64. The van der Waals surface area contributed by atoms with E-state index in [9.17, 15) is 10.2 Å². The number of aliphatic hydroxyl groups excluding tert-OH is 1. The van der Waals surface area contributed by atoms with Crippen LogP contribution < -0.4 is 5.32 Å². The van der Waals surface area contributed by atoms with Crippen molar-refractivity contribution < 1.29 is 10.2 Å². The molecule has 0 fully saturated rings. The molecule has 0 aromatic heterocycles. The summed E-state index contributed by atoms with van der Waals surface area (Å²) >= 11 is 0. The van der Waals surface area contributed by atoms with Gasteiger partial charge in [-0.3, -0.25) is 0 Å². The predicted molar refractivity (Wildman–Crippen MR) is 65.3 cm³/mol. The molecule has 1 atom stereocenters. The van der Waals surface area contributed by atoms with Crippen LogP contribution in [-0.2, 0) is 6.54 Å². The summed E-state index contributed by atoms with van der Waals surface area (Å²) in [6.07, 6.45) is 0.485. The molecule has 0 aliphatic heterocycles. The van der Waals surface area contributed by atoms with Crippen molar-refractivity contribution in [1.29, 1.82) is 0 Å². The SMILES string of the molecule is CC(C)CC(O)CNCc1ccccc1O. The number of phenolic OH excluding ortho intramolecular Hbond substituents is 1. The zero-order valence-corrected chi connectivity index (χ0v) is 9.98. The van der Waals surface area contributed by atoms with E-state index in [1.165, 1.54) is 0 Å². The summed E-state index contributed by atoms with van der Waals surface area (Å²) in [4.78, 5) is 0. The molecule has 0 aliphatic rings. The van der Waals surface area contributed by atoms with Gasteiger partial charge in [-0.15, -0.1) is 0 Å². The molecular formula is C13H21NO2. The Hall–Kier alpha value is -1.06. The molecular weight excluding hydrogens is 202 g/mol. The molecule has 3 N–H and O–H groups in total. The van der Waals surface area contributed by atoms with Crippen LogP contribution in [0.1, 0.15) is 25.8 Å². The van der Waals surface area contributed by atoms with Gasteiger partial charge >= 0.3 is 0 Å². The van der Waals surface area contributed by atoms with Crippen LogP contribution >= 0.6 is 0 Å². The van der Waals surface area contributed by atoms with E-state index in [1.54, 1.807) is 12.1 Å². The van der Waals surface area contributed by atoms with Crippen LogP contribution in [0.25, 0.3) is 0 Å². The van der Waals surface area contributed by atoms with Crippen molar-refractivity contribution in [3.05, 3.63) is 29.8 Å². The Morgan fingerprint density at radius 1 is 1.25 bits per heavy atom.